The van der Waals surface area contributed by atoms with Gasteiger partial charge in [0.25, 0.3) is 11.8 Å². The van der Waals surface area contributed by atoms with Crippen LogP contribution in [0.4, 0.5) is 14.6 Å². The highest BCUT2D eigenvalue weighted by Crippen LogP contribution is 2.35. The van der Waals surface area contributed by atoms with Crippen LogP contribution in [0.5, 0.6) is 0 Å². The van der Waals surface area contributed by atoms with Crippen LogP contribution in [-0.2, 0) is 11.3 Å². The minimum Gasteiger partial charge on any atom is -0.478 e. The van der Waals surface area contributed by atoms with Crippen LogP contribution < -0.4 is 5.32 Å². The maximum Gasteiger partial charge on any atom is 0.337 e. The number of aromatic carboxylic acids is 1. The number of hydrogen-bond donors (Lipinski definition) is 3. The number of benzene rings is 2. The number of carboxylic acid groups (broad SMARTS) is 1. The number of aromatic amines is 1. The number of fused-ring (bicyclic) bond motifs is 1. The molecule has 1 aliphatic rings. The summed E-state index contributed by atoms with van der Waals surface area (Å²) in [6.07, 6.45) is 1.48. The number of carboxylic acids is 1. The lowest BCUT2D eigenvalue weighted by atomic mass is 10.0. The Kier molecular flexibility index (Phi) is 5.97. The van der Waals surface area contributed by atoms with E-state index in [2.05, 4.69) is 10.3 Å². The third-order valence-electron chi connectivity index (χ3n) is 5.57. The quantitative estimate of drug-likeness (QED) is 0.344. The minimum absolute atomic E-state index is 0.0586. The van der Waals surface area contributed by atoms with Crippen LogP contribution in [0.3, 0.4) is 0 Å². The number of nitrogens with zero attached hydrogens (tertiary/aromatic N) is 1. The molecule has 1 aromatic heterocycles. The molecule has 2 amide bonds. The maximum atomic E-state index is 14.6. The molecule has 2 heterocycles. The first-order chi connectivity index (χ1) is 16.1. The van der Waals surface area contributed by atoms with Crippen molar-refractivity contribution in [1.29, 1.82) is 0 Å². The molecule has 0 unspecified atom stereocenters. The first-order valence-corrected chi connectivity index (χ1v) is 10.5. The minimum atomic E-state index is -1.10. The zero-order valence-electron chi connectivity index (χ0n) is 18.0. The number of aryl methyl sites for hydroxylation is 1. The molecule has 0 aliphatic carbocycles. The van der Waals surface area contributed by atoms with Crippen LogP contribution in [0, 0.1) is 19.7 Å². The van der Waals surface area contributed by atoms with Gasteiger partial charge in [-0.1, -0.05) is 16.1 Å². The molecule has 3 N–H and O–H groups in total. The highest BCUT2D eigenvalue weighted by molar-refractivity contribution is 6.35. The average molecular weight is 486 g/mol. The summed E-state index contributed by atoms with van der Waals surface area (Å²) in [6.45, 7) is 2.57. The summed E-state index contributed by atoms with van der Waals surface area (Å²) >= 11 is 5.82. The normalized spacial score (nSPS) is 13.7. The largest absolute Gasteiger partial charge is 0.478 e. The highest BCUT2D eigenvalue weighted by Gasteiger charge is 2.28. The monoisotopic (exact) mass is 485 g/mol. The second-order valence-corrected chi connectivity index (χ2v) is 8.24. The number of amides is 2. The molecule has 0 bridgehead atoms. The maximum absolute atomic E-state index is 14.6. The van der Waals surface area contributed by atoms with Crippen molar-refractivity contribution in [2.75, 3.05) is 5.32 Å². The van der Waals surface area contributed by atoms with E-state index >= 15 is 0 Å². The summed E-state index contributed by atoms with van der Waals surface area (Å²) < 4.78 is 28.6. The summed E-state index contributed by atoms with van der Waals surface area (Å²) in [7, 11) is 0. The number of nitrogens with one attached hydrogen (secondary N) is 2. The molecule has 1 aliphatic heterocycles. The van der Waals surface area contributed by atoms with Crippen LogP contribution >= 0.6 is 11.6 Å². The van der Waals surface area contributed by atoms with Crippen LogP contribution in [0.25, 0.3) is 11.6 Å². The van der Waals surface area contributed by atoms with E-state index in [-0.39, 0.29) is 32.4 Å². The summed E-state index contributed by atoms with van der Waals surface area (Å²) in [5, 5.41) is 12.1. The summed E-state index contributed by atoms with van der Waals surface area (Å²) in [5.41, 5.74) is 2.21. The third kappa shape index (κ3) is 4.17. The molecule has 34 heavy (non-hydrogen) atoms. The van der Waals surface area contributed by atoms with Crippen LogP contribution in [0.15, 0.2) is 36.4 Å². The van der Waals surface area contributed by atoms with E-state index in [0.29, 0.717) is 28.2 Å². The Balaban J connectivity index is 1.66. The molecule has 2 aromatic carbocycles. The van der Waals surface area contributed by atoms with Crippen LogP contribution in [0.1, 0.15) is 48.8 Å². The average Bonchev–Trinajstić information content (AvgIpc) is 3.24. The fourth-order valence-corrected chi connectivity index (χ4v) is 4.07. The van der Waals surface area contributed by atoms with Crippen molar-refractivity contribution in [3.63, 3.8) is 0 Å². The van der Waals surface area contributed by atoms with Crippen molar-refractivity contribution in [3.8, 4) is 0 Å². The number of anilines is 1. The van der Waals surface area contributed by atoms with Gasteiger partial charge < -0.3 is 15.4 Å². The number of aromatic nitrogens is 1. The first kappa shape index (κ1) is 23.2. The van der Waals surface area contributed by atoms with Crippen molar-refractivity contribution in [1.82, 2.24) is 10.1 Å². The second kappa shape index (κ2) is 8.75. The lowest BCUT2D eigenvalue weighted by Crippen LogP contribution is -2.23. The van der Waals surface area contributed by atoms with Crippen LogP contribution in [0.2, 0.25) is 5.02 Å². The molecule has 0 saturated heterocycles. The fraction of sp³-hybridized carbons (Fsp3) is 0.125. The van der Waals surface area contributed by atoms with Gasteiger partial charge in [0.2, 0.25) is 0 Å². The summed E-state index contributed by atoms with van der Waals surface area (Å²) in [5.74, 6) is -3.28. The molecular formula is C24H18ClF2N3O4. The number of halogens is 3. The van der Waals surface area contributed by atoms with Gasteiger partial charge in [0.15, 0.2) is 0 Å². The smallest absolute Gasteiger partial charge is 0.337 e. The van der Waals surface area contributed by atoms with Gasteiger partial charge in [0.1, 0.15) is 5.82 Å². The van der Waals surface area contributed by atoms with Crippen molar-refractivity contribution in [3.05, 3.63) is 86.4 Å². The van der Waals surface area contributed by atoms with Gasteiger partial charge >= 0.3 is 5.97 Å². The van der Waals surface area contributed by atoms with Gasteiger partial charge in [-0.15, -0.1) is 0 Å². The predicted octanol–water partition coefficient (Wildman–Crippen LogP) is 5.14. The number of carbonyl (C=O) groups excluding carboxylic acids is 2. The molecule has 174 valence electrons. The van der Waals surface area contributed by atoms with E-state index in [9.17, 15) is 28.4 Å². The number of hydrogen-bond acceptors (Lipinski definition) is 3. The predicted molar refractivity (Wildman–Crippen MR) is 123 cm³/mol. The Labute approximate surface area is 197 Å². The molecule has 4 rings (SSSR count). The Hall–Kier alpha value is -3.98. The molecule has 0 fully saturated rings. The van der Waals surface area contributed by atoms with E-state index in [1.165, 1.54) is 36.4 Å². The van der Waals surface area contributed by atoms with E-state index in [0.717, 1.165) is 6.07 Å². The van der Waals surface area contributed by atoms with Gasteiger partial charge in [0.05, 0.1) is 17.7 Å². The Morgan fingerprint density at radius 2 is 1.91 bits per heavy atom. The third-order valence-corrected chi connectivity index (χ3v) is 5.80. The van der Waals surface area contributed by atoms with Gasteiger partial charge in [-0.2, -0.15) is 5.12 Å². The van der Waals surface area contributed by atoms with Crippen molar-refractivity contribution >= 4 is 46.7 Å². The van der Waals surface area contributed by atoms with Gasteiger partial charge in [0, 0.05) is 38.8 Å². The van der Waals surface area contributed by atoms with E-state index in [1.54, 1.807) is 13.8 Å². The van der Waals surface area contributed by atoms with Crippen molar-refractivity contribution in [2.24, 2.45) is 0 Å². The topological polar surface area (TPSA) is 103 Å². The molecular weight excluding hydrogens is 468 g/mol. The van der Waals surface area contributed by atoms with Crippen molar-refractivity contribution in [2.45, 2.75) is 20.4 Å². The lowest BCUT2D eigenvalue weighted by Gasteiger charge is -2.13. The number of rotatable bonds is 5. The SMILES string of the molecule is Cc1[nH]c(C=C2C(=O)Nc3ccc(C(=O)N(F)Cc4cc(Cl)ccc4F)cc32)c(C)c1C(=O)O. The molecule has 0 saturated carbocycles. The molecule has 3 aromatic rings. The van der Waals surface area contributed by atoms with Gasteiger partial charge in [-0.3, -0.25) is 9.59 Å². The number of carbonyl (C=O) groups is 3. The molecule has 0 atom stereocenters. The van der Waals surface area contributed by atoms with Crippen molar-refractivity contribution < 1.29 is 28.4 Å². The van der Waals surface area contributed by atoms with Gasteiger partial charge in [-0.25, -0.2) is 9.18 Å². The lowest BCUT2D eigenvalue weighted by molar-refractivity contribution is -0.110. The van der Waals surface area contributed by atoms with E-state index < -0.39 is 30.1 Å². The Bertz CT molecular complexity index is 1400. The zero-order valence-corrected chi connectivity index (χ0v) is 18.8. The number of H-pyrrole nitrogens is 1. The van der Waals surface area contributed by atoms with Gasteiger partial charge in [-0.05, 0) is 61.9 Å². The van der Waals surface area contributed by atoms with E-state index in [4.69, 9.17) is 11.6 Å². The molecule has 7 nitrogen and oxygen atoms in total. The zero-order chi connectivity index (χ0) is 24.7. The first-order valence-electron chi connectivity index (χ1n) is 10.1. The fourth-order valence-electron chi connectivity index (χ4n) is 3.87. The standard InChI is InChI=1S/C24H18ClF2N3O4/c1-11-20(28-12(2)21(11)24(33)34)9-17-16-8-13(3-6-19(16)29-22(17)31)23(32)30(27)10-14-7-15(25)4-5-18(14)26/h3-9,28H,10H2,1-2H3,(H,29,31)(H,33,34). The summed E-state index contributed by atoms with van der Waals surface area (Å²) in [6, 6.07) is 7.79. The summed E-state index contributed by atoms with van der Waals surface area (Å²) in [4.78, 5) is 39.7. The van der Waals surface area contributed by atoms with Crippen LogP contribution in [-0.4, -0.2) is 33.0 Å². The molecule has 0 radical (unpaired) electrons. The molecule has 0 spiro atoms. The highest BCUT2D eigenvalue weighted by atomic mass is 35.5. The second-order valence-electron chi connectivity index (χ2n) is 7.80. The van der Waals surface area contributed by atoms with E-state index in [1.807, 2.05) is 0 Å². The Morgan fingerprint density at radius 3 is 2.59 bits per heavy atom. The molecule has 10 heteroatoms. The Morgan fingerprint density at radius 1 is 1.18 bits per heavy atom.